The molecule has 0 atom stereocenters. The molecule has 11 aromatic rings. The van der Waals surface area contributed by atoms with Crippen molar-refractivity contribution < 1.29 is 0 Å². The minimum Gasteiger partial charge on any atom is -0.134 e. The van der Waals surface area contributed by atoms with Gasteiger partial charge in [0.25, 0.3) is 0 Å². The molecule has 2 aromatic heterocycles. The quantitative estimate of drug-likeness (QED) is 0.161. The molecule has 52 heavy (non-hydrogen) atoms. The van der Waals surface area contributed by atoms with E-state index in [1.54, 1.807) is 0 Å². The Hall–Kier alpha value is -6.06. The lowest BCUT2D eigenvalue weighted by Gasteiger charge is -2.19. The first-order chi connectivity index (χ1) is 25.8. The summed E-state index contributed by atoms with van der Waals surface area (Å²) in [5.41, 5.74) is 9.04. The van der Waals surface area contributed by atoms with Crippen molar-refractivity contribution in [3.8, 4) is 43.8 Å². The van der Waals surface area contributed by atoms with Gasteiger partial charge in [-0.3, -0.25) is 0 Å². The van der Waals surface area contributed by atoms with Gasteiger partial charge in [0.2, 0.25) is 0 Å². The molecule has 0 aliphatic rings. The Labute approximate surface area is 309 Å². The van der Waals surface area contributed by atoms with Crippen LogP contribution in [0.25, 0.3) is 106 Å². The van der Waals surface area contributed by atoms with Gasteiger partial charge >= 0.3 is 0 Å². The highest BCUT2D eigenvalue weighted by atomic mass is 32.1. The van der Waals surface area contributed by atoms with Gasteiger partial charge in [-0.15, -0.1) is 22.7 Å². The lowest BCUT2D eigenvalue weighted by atomic mass is 9.84. The summed E-state index contributed by atoms with van der Waals surface area (Å²) in [6, 6.07) is 67.0. The fourth-order valence-electron chi connectivity index (χ4n) is 8.48. The van der Waals surface area contributed by atoms with Crippen LogP contribution in [-0.2, 0) is 0 Å². The van der Waals surface area contributed by atoms with Gasteiger partial charge in [-0.2, -0.15) is 0 Å². The fraction of sp³-hybridized carbons (Fsp3) is 0. The Morgan fingerprint density at radius 3 is 1.48 bits per heavy atom. The van der Waals surface area contributed by atoms with Gasteiger partial charge in [0.05, 0.1) is 9.40 Å². The third kappa shape index (κ3) is 4.38. The summed E-state index contributed by atoms with van der Waals surface area (Å²) < 4.78 is 4.05. The van der Waals surface area contributed by atoms with E-state index in [0.717, 1.165) is 0 Å². The molecule has 0 nitrogen and oxygen atoms in total. The molecule has 0 unspecified atom stereocenters. The molecule has 0 bridgehead atoms. The van der Waals surface area contributed by atoms with Gasteiger partial charge in [-0.25, -0.2) is 0 Å². The summed E-state index contributed by atoms with van der Waals surface area (Å²) in [6.07, 6.45) is 0. The zero-order valence-electron chi connectivity index (χ0n) is 28.1. The molecular formula is C50H30S2. The highest BCUT2D eigenvalue weighted by Gasteiger charge is 2.23. The zero-order valence-corrected chi connectivity index (χ0v) is 29.8. The Morgan fingerprint density at radius 1 is 0.288 bits per heavy atom. The molecule has 0 spiro atoms. The first-order valence-corrected chi connectivity index (χ1v) is 19.4. The van der Waals surface area contributed by atoms with Crippen LogP contribution in [0.5, 0.6) is 0 Å². The van der Waals surface area contributed by atoms with E-state index in [-0.39, 0.29) is 0 Å². The standard InChI is InChI=1S/C50H30S2/c1-3-16-32(17-4-1)44-41-29-30-42-47-40(27-14-28-43(47)51-49(42)50(41)52-48(44)33-18-5-2-6-19-33)46-38-24-11-9-22-36(38)45(37-23-10-12-25-39(37)46)35-26-13-20-31-15-7-8-21-34(31)35/h1-30H. The van der Waals surface area contributed by atoms with Gasteiger partial charge in [-0.05, 0) is 71.8 Å². The summed E-state index contributed by atoms with van der Waals surface area (Å²) in [7, 11) is 0. The summed E-state index contributed by atoms with van der Waals surface area (Å²) >= 11 is 3.87. The van der Waals surface area contributed by atoms with Crippen molar-refractivity contribution in [2.75, 3.05) is 0 Å². The third-order valence-corrected chi connectivity index (χ3v) is 13.3. The maximum absolute atomic E-state index is 2.39. The van der Waals surface area contributed by atoms with E-state index in [1.807, 2.05) is 22.7 Å². The molecule has 242 valence electrons. The van der Waals surface area contributed by atoms with Gasteiger partial charge < -0.3 is 0 Å². The van der Waals surface area contributed by atoms with E-state index in [4.69, 9.17) is 0 Å². The number of fused-ring (bicyclic) bond motifs is 8. The van der Waals surface area contributed by atoms with Crippen LogP contribution in [-0.4, -0.2) is 0 Å². The largest absolute Gasteiger partial charge is 0.134 e. The van der Waals surface area contributed by atoms with E-state index in [1.165, 1.54) is 106 Å². The lowest BCUT2D eigenvalue weighted by Crippen LogP contribution is -1.92. The zero-order chi connectivity index (χ0) is 34.2. The molecule has 0 radical (unpaired) electrons. The topological polar surface area (TPSA) is 0 Å². The van der Waals surface area contributed by atoms with Crippen molar-refractivity contribution in [3.63, 3.8) is 0 Å². The number of hydrogen-bond donors (Lipinski definition) is 0. The van der Waals surface area contributed by atoms with Crippen LogP contribution < -0.4 is 0 Å². The average Bonchev–Trinajstić information content (AvgIpc) is 3.80. The minimum atomic E-state index is 1.26. The Kier molecular flexibility index (Phi) is 6.70. The summed E-state index contributed by atoms with van der Waals surface area (Å²) in [5, 5.41) is 11.7. The smallest absolute Gasteiger partial charge is 0.0534 e. The number of benzene rings is 9. The van der Waals surface area contributed by atoms with E-state index < -0.39 is 0 Å². The van der Waals surface area contributed by atoms with Crippen molar-refractivity contribution in [1.82, 2.24) is 0 Å². The third-order valence-electron chi connectivity index (χ3n) is 10.7. The fourth-order valence-corrected chi connectivity index (χ4v) is 11.2. The molecule has 0 amide bonds. The van der Waals surface area contributed by atoms with Gasteiger partial charge in [-0.1, -0.05) is 176 Å². The van der Waals surface area contributed by atoms with Crippen LogP contribution in [0.15, 0.2) is 182 Å². The normalized spacial score (nSPS) is 11.8. The average molecular weight is 695 g/mol. The van der Waals surface area contributed by atoms with E-state index in [0.29, 0.717) is 0 Å². The van der Waals surface area contributed by atoms with Gasteiger partial charge in [0, 0.05) is 31.3 Å². The predicted octanol–water partition coefficient (Wildman–Crippen LogP) is 15.4. The molecule has 0 saturated carbocycles. The van der Waals surface area contributed by atoms with Crippen molar-refractivity contribution in [1.29, 1.82) is 0 Å². The SMILES string of the molecule is c1ccc(-c2sc3c(ccc4c3sc3cccc(-c5c6ccccc6c(-c6cccc7ccccc67)c6ccccc56)c34)c2-c2ccccc2)cc1. The van der Waals surface area contributed by atoms with Crippen LogP contribution in [0.3, 0.4) is 0 Å². The molecule has 0 N–H and O–H groups in total. The molecule has 0 aliphatic carbocycles. The van der Waals surface area contributed by atoms with Crippen LogP contribution in [0.4, 0.5) is 0 Å². The molecule has 2 heterocycles. The van der Waals surface area contributed by atoms with Crippen molar-refractivity contribution in [2.45, 2.75) is 0 Å². The second-order valence-corrected chi connectivity index (χ2v) is 15.6. The summed E-state index contributed by atoms with van der Waals surface area (Å²) in [6.45, 7) is 0. The van der Waals surface area contributed by atoms with Crippen molar-refractivity contribution >= 4 is 85.2 Å². The maximum atomic E-state index is 2.39. The second-order valence-electron chi connectivity index (χ2n) is 13.5. The van der Waals surface area contributed by atoms with Crippen LogP contribution in [0.1, 0.15) is 0 Å². The summed E-state index contributed by atoms with van der Waals surface area (Å²) in [5.74, 6) is 0. The lowest BCUT2D eigenvalue weighted by molar-refractivity contribution is 1.66. The minimum absolute atomic E-state index is 1.26. The van der Waals surface area contributed by atoms with E-state index in [9.17, 15) is 0 Å². The monoisotopic (exact) mass is 694 g/mol. The maximum Gasteiger partial charge on any atom is 0.0534 e. The summed E-state index contributed by atoms with van der Waals surface area (Å²) in [4.78, 5) is 1.33. The Balaban J connectivity index is 1.23. The van der Waals surface area contributed by atoms with Gasteiger partial charge in [0.15, 0.2) is 0 Å². The first kappa shape index (κ1) is 29.6. The number of thiophene rings is 2. The van der Waals surface area contributed by atoms with Crippen LogP contribution in [0, 0.1) is 0 Å². The van der Waals surface area contributed by atoms with Gasteiger partial charge in [0.1, 0.15) is 0 Å². The Morgan fingerprint density at radius 2 is 0.788 bits per heavy atom. The van der Waals surface area contributed by atoms with Crippen LogP contribution in [0.2, 0.25) is 0 Å². The molecule has 9 aromatic carbocycles. The van der Waals surface area contributed by atoms with Crippen molar-refractivity contribution in [2.24, 2.45) is 0 Å². The molecule has 0 fully saturated rings. The molecule has 2 heteroatoms. The number of hydrogen-bond acceptors (Lipinski definition) is 2. The van der Waals surface area contributed by atoms with E-state index in [2.05, 4.69) is 182 Å². The molecule has 0 aliphatic heterocycles. The highest BCUT2D eigenvalue weighted by Crippen LogP contribution is 2.53. The predicted molar refractivity (Wildman–Crippen MR) is 229 cm³/mol. The second kappa shape index (κ2) is 11.7. The molecule has 11 rings (SSSR count). The Bertz CT molecular complexity index is 3100. The van der Waals surface area contributed by atoms with Crippen LogP contribution >= 0.6 is 22.7 Å². The number of rotatable bonds is 4. The first-order valence-electron chi connectivity index (χ1n) is 17.8. The van der Waals surface area contributed by atoms with E-state index >= 15 is 0 Å². The molecular weight excluding hydrogens is 665 g/mol. The van der Waals surface area contributed by atoms with Crippen molar-refractivity contribution in [3.05, 3.63) is 182 Å². The highest BCUT2D eigenvalue weighted by molar-refractivity contribution is 7.32. The molecule has 0 saturated heterocycles.